The van der Waals surface area contributed by atoms with Gasteiger partial charge in [-0.2, -0.15) is 0 Å². The van der Waals surface area contributed by atoms with E-state index in [-0.39, 0.29) is 28.8 Å². The highest BCUT2D eigenvalue weighted by molar-refractivity contribution is 7.90. The number of thiol groups is 1. The Balaban J connectivity index is 1.81. The summed E-state index contributed by atoms with van der Waals surface area (Å²) in [5.74, 6) is -0.590. The Hall–Kier alpha value is -3.25. The summed E-state index contributed by atoms with van der Waals surface area (Å²) in [6.45, 7) is 4.67. The summed E-state index contributed by atoms with van der Waals surface area (Å²) in [6, 6.07) is 10.7. The zero-order valence-electron chi connectivity index (χ0n) is 18.9. The summed E-state index contributed by atoms with van der Waals surface area (Å²) in [7, 11) is -4.04. The van der Waals surface area contributed by atoms with Gasteiger partial charge >= 0.3 is 18.0 Å². The number of carbonyl (C=O) groups excluding carboxylic acids is 3. The summed E-state index contributed by atoms with van der Waals surface area (Å²) in [5.41, 5.74) is 1.30. The molecule has 0 radical (unpaired) electrons. The molecule has 0 saturated carbocycles. The number of amides is 4. The van der Waals surface area contributed by atoms with Crippen LogP contribution in [0.2, 0.25) is 0 Å². The number of aryl methyl sites for hydroxylation is 1. The molecule has 0 aliphatic carbocycles. The van der Waals surface area contributed by atoms with Crippen LogP contribution in [-0.2, 0) is 14.8 Å². The number of nitrogens with one attached hydrogen (secondary N) is 3. The fraction of sp³-hybridized carbons (Fsp3) is 0.318. The van der Waals surface area contributed by atoms with Gasteiger partial charge in [0.25, 0.3) is 10.0 Å². The third-order valence-electron chi connectivity index (χ3n) is 4.53. The Kier molecular flexibility index (Phi) is 10.2. The molecule has 0 bridgehead atoms. The van der Waals surface area contributed by atoms with Crippen molar-refractivity contribution in [1.29, 1.82) is 0 Å². The highest BCUT2D eigenvalue weighted by Crippen LogP contribution is 2.14. The zero-order valence-corrected chi connectivity index (χ0v) is 20.6. The molecule has 0 aromatic heterocycles. The van der Waals surface area contributed by atoms with Crippen molar-refractivity contribution in [1.82, 2.24) is 14.3 Å². The van der Waals surface area contributed by atoms with Crippen molar-refractivity contribution in [2.24, 2.45) is 0 Å². The number of anilines is 1. The Labute approximate surface area is 204 Å². The lowest BCUT2D eigenvalue weighted by molar-refractivity contribution is 0.0498. The number of nitrogens with zero attached hydrogens (tertiary/aromatic N) is 1. The second-order valence-electron chi connectivity index (χ2n) is 7.24. The number of urea groups is 2. The smallest absolute Gasteiger partial charge is 0.338 e. The van der Waals surface area contributed by atoms with Gasteiger partial charge < -0.3 is 15.4 Å². The van der Waals surface area contributed by atoms with E-state index in [1.54, 1.807) is 19.1 Å². The molecule has 0 fully saturated rings. The summed E-state index contributed by atoms with van der Waals surface area (Å²) in [6.07, 6.45) is 1.16. The number of ether oxygens (including phenoxy) is 1. The maximum absolute atomic E-state index is 12.3. The van der Waals surface area contributed by atoms with E-state index in [0.717, 1.165) is 5.56 Å². The van der Waals surface area contributed by atoms with Crippen molar-refractivity contribution in [2.45, 2.75) is 31.6 Å². The summed E-state index contributed by atoms with van der Waals surface area (Å²) in [4.78, 5) is 35.9. The van der Waals surface area contributed by atoms with Gasteiger partial charge in [0.15, 0.2) is 0 Å². The van der Waals surface area contributed by atoms with Gasteiger partial charge in [-0.05, 0) is 57.0 Å². The quantitative estimate of drug-likeness (QED) is 0.221. The molecule has 0 heterocycles. The number of esters is 1. The van der Waals surface area contributed by atoms with Crippen LogP contribution in [0.1, 0.15) is 35.7 Å². The average molecular weight is 509 g/mol. The third kappa shape index (κ3) is 8.60. The Bertz CT molecular complexity index is 1110. The fourth-order valence-electron chi connectivity index (χ4n) is 2.68. The van der Waals surface area contributed by atoms with Crippen LogP contribution in [0.5, 0.6) is 0 Å². The van der Waals surface area contributed by atoms with Crippen LogP contribution in [0, 0.1) is 6.92 Å². The first-order valence-electron chi connectivity index (χ1n) is 10.5. The van der Waals surface area contributed by atoms with Gasteiger partial charge in [0, 0.05) is 18.8 Å². The van der Waals surface area contributed by atoms with Crippen molar-refractivity contribution in [3.8, 4) is 0 Å². The maximum atomic E-state index is 12.3. The monoisotopic (exact) mass is 508 g/mol. The highest BCUT2D eigenvalue weighted by atomic mass is 32.2. The molecule has 0 aliphatic rings. The Morgan fingerprint density at radius 1 is 1.06 bits per heavy atom. The Morgan fingerprint density at radius 3 is 2.44 bits per heavy atom. The molecule has 2 aromatic carbocycles. The van der Waals surface area contributed by atoms with Crippen molar-refractivity contribution in [3.63, 3.8) is 0 Å². The predicted molar refractivity (Wildman–Crippen MR) is 131 cm³/mol. The number of hydrogen-bond donors (Lipinski definition) is 4. The second-order valence-corrected chi connectivity index (χ2v) is 9.41. The number of unbranched alkanes of at least 4 members (excludes halogenated alkanes) is 1. The summed E-state index contributed by atoms with van der Waals surface area (Å²) in [5, 5.41) is 5.08. The average Bonchev–Trinajstić information content (AvgIpc) is 2.80. The normalized spacial score (nSPS) is 10.8. The minimum absolute atomic E-state index is 0.0431. The van der Waals surface area contributed by atoms with Gasteiger partial charge in [0.05, 0.1) is 17.1 Å². The number of carbonyl (C=O) groups is 3. The predicted octanol–water partition coefficient (Wildman–Crippen LogP) is 3.32. The minimum atomic E-state index is -4.04. The molecule has 0 saturated heterocycles. The molecular weight excluding hydrogens is 480 g/mol. The molecule has 0 unspecified atom stereocenters. The van der Waals surface area contributed by atoms with E-state index in [4.69, 9.17) is 4.74 Å². The van der Waals surface area contributed by atoms with Gasteiger partial charge in [-0.1, -0.05) is 36.6 Å². The largest absolute Gasteiger partial charge is 0.462 e. The second kappa shape index (κ2) is 12.8. The molecule has 4 amide bonds. The molecule has 0 atom stereocenters. The van der Waals surface area contributed by atoms with Gasteiger partial charge in [0.1, 0.15) is 0 Å². The topological polar surface area (TPSA) is 134 Å². The number of benzene rings is 2. The maximum Gasteiger partial charge on any atom is 0.338 e. The summed E-state index contributed by atoms with van der Waals surface area (Å²) >= 11 is 4.00. The highest BCUT2D eigenvalue weighted by Gasteiger charge is 2.18. The van der Waals surface area contributed by atoms with Crippen LogP contribution in [0.25, 0.3) is 0 Å². The van der Waals surface area contributed by atoms with Gasteiger partial charge in [-0.3, -0.25) is 4.31 Å². The SMILES string of the molecule is CCN(S)C(=O)NCCCCOC(=O)c1cccc(NC(=O)NS(=O)(=O)c2ccc(C)cc2)c1. The minimum Gasteiger partial charge on any atom is -0.462 e. The number of rotatable bonds is 10. The third-order valence-corrected chi connectivity index (χ3v) is 6.34. The van der Waals surface area contributed by atoms with E-state index in [1.807, 2.05) is 11.6 Å². The van der Waals surface area contributed by atoms with E-state index in [9.17, 15) is 22.8 Å². The van der Waals surface area contributed by atoms with E-state index in [0.29, 0.717) is 25.9 Å². The van der Waals surface area contributed by atoms with Crippen LogP contribution in [-0.4, -0.2) is 50.5 Å². The zero-order chi connectivity index (χ0) is 25.1. The molecule has 10 nitrogen and oxygen atoms in total. The van der Waals surface area contributed by atoms with Crippen molar-refractivity contribution in [2.75, 3.05) is 25.0 Å². The first-order chi connectivity index (χ1) is 16.1. The molecular formula is C22H28N4O6S2. The molecule has 184 valence electrons. The molecule has 2 aromatic rings. The molecule has 0 aliphatic heterocycles. The van der Waals surface area contributed by atoms with Gasteiger partial charge in [0.2, 0.25) is 0 Å². The fourth-order valence-corrected chi connectivity index (χ4v) is 3.66. The standard InChI is InChI=1S/C22H28N4O6S2/c1-3-26(33)22(29)23-13-4-5-14-32-20(27)17-7-6-8-18(15-17)24-21(28)25-34(30,31)19-11-9-16(2)10-12-19/h6-12,15,33H,3-5,13-14H2,1-2H3,(H,23,29)(H2,24,25,28). The molecule has 34 heavy (non-hydrogen) atoms. The molecule has 0 spiro atoms. The molecule has 12 heteroatoms. The first-order valence-corrected chi connectivity index (χ1v) is 12.4. The van der Waals surface area contributed by atoms with Crippen LogP contribution in [0.3, 0.4) is 0 Å². The van der Waals surface area contributed by atoms with Crippen LogP contribution < -0.4 is 15.4 Å². The van der Waals surface area contributed by atoms with Crippen LogP contribution >= 0.6 is 12.8 Å². The van der Waals surface area contributed by atoms with Crippen molar-refractivity contribution < 1.29 is 27.5 Å². The van der Waals surface area contributed by atoms with E-state index in [2.05, 4.69) is 23.4 Å². The van der Waals surface area contributed by atoms with Gasteiger partial charge in [-0.15, -0.1) is 0 Å². The molecule has 3 N–H and O–H groups in total. The first kappa shape index (κ1) is 27.0. The van der Waals surface area contributed by atoms with Crippen LogP contribution in [0.15, 0.2) is 53.4 Å². The Morgan fingerprint density at radius 2 is 1.76 bits per heavy atom. The van der Waals surface area contributed by atoms with E-state index in [1.165, 1.54) is 40.7 Å². The summed E-state index contributed by atoms with van der Waals surface area (Å²) < 4.78 is 33.0. The molecule has 2 rings (SSSR count). The van der Waals surface area contributed by atoms with E-state index < -0.39 is 22.0 Å². The van der Waals surface area contributed by atoms with Crippen molar-refractivity contribution >= 4 is 46.6 Å². The van der Waals surface area contributed by atoms with Crippen molar-refractivity contribution in [3.05, 3.63) is 59.7 Å². The number of hydrogen-bond acceptors (Lipinski definition) is 7. The lowest BCUT2D eigenvalue weighted by Crippen LogP contribution is -2.34. The van der Waals surface area contributed by atoms with E-state index >= 15 is 0 Å². The van der Waals surface area contributed by atoms with Crippen LogP contribution in [0.4, 0.5) is 15.3 Å². The van der Waals surface area contributed by atoms with Gasteiger partial charge in [-0.25, -0.2) is 27.5 Å². The number of sulfonamides is 1. The lowest BCUT2D eigenvalue weighted by atomic mass is 10.2. The lowest BCUT2D eigenvalue weighted by Gasteiger charge is -2.13.